The second-order valence-electron chi connectivity index (χ2n) is 6.04. The molecule has 2 aromatic carbocycles. The van der Waals surface area contributed by atoms with Crippen LogP contribution in [0.25, 0.3) is 0 Å². The van der Waals surface area contributed by atoms with Crippen LogP contribution in [-0.4, -0.2) is 36.8 Å². The summed E-state index contributed by atoms with van der Waals surface area (Å²) in [5.41, 5.74) is -0.279. The van der Waals surface area contributed by atoms with Gasteiger partial charge in [-0.05, 0) is 24.6 Å². The first-order valence-electron chi connectivity index (χ1n) is 7.97. The van der Waals surface area contributed by atoms with E-state index >= 15 is 0 Å². The lowest BCUT2D eigenvalue weighted by Gasteiger charge is -2.13. The molecule has 0 radical (unpaired) electrons. The Hall–Kier alpha value is -2.46. The molecule has 3 rings (SSSR count). The fraction of sp³-hybridized carbons (Fsp3) is 0.235. The standard InChI is InChI=1S/C17H15FN2O5S2/c18-14-3-1-2-4-16(14)26-15-6-5-12(20(22)23)9-13(15)17(21)19-11-7-8-27(24,25)10-11/h1-6,9,11H,7-8,10H2,(H,19,21). The van der Waals surface area contributed by atoms with Crippen LogP contribution in [0.4, 0.5) is 10.1 Å². The van der Waals surface area contributed by atoms with E-state index in [1.54, 1.807) is 6.07 Å². The van der Waals surface area contributed by atoms with Crippen LogP contribution in [0.1, 0.15) is 16.8 Å². The van der Waals surface area contributed by atoms with Crippen LogP contribution in [0.15, 0.2) is 52.3 Å². The van der Waals surface area contributed by atoms with E-state index in [2.05, 4.69) is 5.32 Å². The number of hydrogen-bond acceptors (Lipinski definition) is 6. The minimum atomic E-state index is -3.19. The first-order valence-corrected chi connectivity index (χ1v) is 10.6. The van der Waals surface area contributed by atoms with Crippen molar-refractivity contribution in [2.24, 2.45) is 0 Å². The number of hydrogen-bond donors (Lipinski definition) is 1. The van der Waals surface area contributed by atoms with Gasteiger partial charge in [-0.3, -0.25) is 14.9 Å². The molecule has 1 heterocycles. The summed E-state index contributed by atoms with van der Waals surface area (Å²) in [5.74, 6) is -1.28. The predicted molar refractivity (Wildman–Crippen MR) is 98.1 cm³/mol. The summed E-state index contributed by atoms with van der Waals surface area (Å²) >= 11 is 0.971. The molecule has 0 saturated carbocycles. The zero-order valence-electron chi connectivity index (χ0n) is 13.9. The largest absolute Gasteiger partial charge is 0.348 e. The molecule has 0 aromatic heterocycles. The van der Waals surface area contributed by atoms with Gasteiger partial charge in [-0.15, -0.1) is 0 Å². The van der Waals surface area contributed by atoms with E-state index in [1.807, 2.05) is 0 Å². The van der Waals surface area contributed by atoms with E-state index in [0.29, 0.717) is 11.3 Å². The zero-order valence-corrected chi connectivity index (χ0v) is 15.6. The fourth-order valence-electron chi connectivity index (χ4n) is 2.72. The van der Waals surface area contributed by atoms with Crippen LogP contribution in [0, 0.1) is 15.9 Å². The molecule has 1 N–H and O–H groups in total. The van der Waals surface area contributed by atoms with Crippen LogP contribution in [0.5, 0.6) is 0 Å². The molecule has 2 aromatic rings. The molecule has 1 atom stereocenters. The summed E-state index contributed by atoms with van der Waals surface area (Å²) in [6.45, 7) is 0. The number of amides is 1. The lowest BCUT2D eigenvalue weighted by Crippen LogP contribution is -2.35. The van der Waals surface area contributed by atoms with Crippen molar-refractivity contribution in [2.45, 2.75) is 22.3 Å². The first-order chi connectivity index (χ1) is 12.7. The van der Waals surface area contributed by atoms with Gasteiger partial charge in [0.25, 0.3) is 11.6 Å². The van der Waals surface area contributed by atoms with Crippen molar-refractivity contribution in [1.29, 1.82) is 0 Å². The molecule has 1 fully saturated rings. The Bertz CT molecular complexity index is 1010. The number of nitrogens with zero attached hydrogens (tertiary/aromatic N) is 1. The fourth-order valence-corrected chi connectivity index (χ4v) is 5.34. The number of nitro benzene ring substituents is 1. The van der Waals surface area contributed by atoms with Gasteiger partial charge >= 0.3 is 0 Å². The van der Waals surface area contributed by atoms with Crippen molar-refractivity contribution in [2.75, 3.05) is 11.5 Å². The van der Waals surface area contributed by atoms with Crippen molar-refractivity contribution >= 4 is 33.2 Å². The molecule has 142 valence electrons. The number of benzene rings is 2. The highest BCUT2D eigenvalue weighted by Crippen LogP contribution is 2.34. The molecule has 0 aliphatic carbocycles. The molecule has 7 nitrogen and oxygen atoms in total. The Balaban J connectivity index is 1.91. The third-order valence-electron chi connectivity index (χ3n) is 4.04. The Morgan fingerprint density at radius 1 is 1.22 bits per heavy atom. The number of nitrogens with one attached hydrogen (secondary N) is 1. The van der Waals surface area contributed by atoms with E-state index in [4.69, 9.17) is 0 Å². The van der Waals surface area contributed by atoms with E-state index in [0.717, 1.165) is 17.8 Å². The van der Waals surface area contributed by atoms with Crippen molar-refractivity contribution < 1.29 is 22.5 Å². The summed E-state index contributed by atoms with van der Waals surface area (Å²) < 4.78 is 37.1. The van der Waals surface area contributed by atoms with E-state index in [-0.39, 0.29) is 27.7 Å². The molecular weight excluding hydrogens is 395 g/mol. The normalized spacial score (nSPS) is 18.2. The second-order valence-corrected chi connectivity index (χ2v) is 9.36. The van der Waals surface area contributed by atoms with Gasteiger partial charge in [0.1, 0.15) is 5.82 Å². The molecule has 1 aliphatic heterocycles. The number of carbonyl (C=O) groups is 1. The van der Waals surface area contributed by atoms with Crippen LogP contribution in [0.2, 0.25) is 0 Å². The van der Waals surface area contributed by atoms with Gasteiger partial charge in [0.2, 0.25) is 0 Å². The maximum atomic E-state index is 13.9. The highest BCUT2D eigenvalue weighted by atomic mass is 32.2. The van der Waals surface area contributed by atoms with Gasteiger partial charge < -0.3 is 5.32 Å². The summed E-state index contributed by atoms with van der Waals surface area (Å²) in [4.78, 5) is 23.7. The molecule has 1 aliphatic rings. The third-order valence-corrected chi connectivity index (χ3v) is 6.94. The minimum Gasteiger partial charge on any atom is -0.348 e. The van der Waals surface area contributed by atoms with Crippen molar-refractivity contribution in [3.8, 4) is 0 Å². The molecule has 1 saturated heterocycles. The summed E-state index contributed by atoms with van der Waals surface area (Å²) in [5, 5.41) is 13.7. The number of halogens is 1. The maximum Gasteiger partial charge on any atom is 0.270 e. The average molecular weight is 410 g/mol. The topological polar surface area (TPSA) is 106 Å². The zero-order chi connectivity index (χ0) is 19.6. The number of carbonyl (C=O) groups excluding carboxylic acids is 1. The predicted octanol–water partition coefficient (Wildman–Crippen LogP) is 2.80. The van der Waals surface area contributed by atoms with Crippen molar-refractivity contribution in [1.82, 2.24) is 5.32 Å². The van der Waals surface area contributed by atoms with Crippen molar-refractivity contribution in [3.63, 3.8) is 0 Å². The van der Waals surface area contributed by atoms with Gasteiger partial charge in [-0.25, -0.2) is 12.8 Å². The quantitative estimate of drug-likeness (QED) is 0.600. The van der Waals surface area contributed by atoms with Gasteiger partial charge in [0.15, 0.2) is 9.84 Å². The molecule has 27 heavy (non-hydrogen) atoms. The van der Waals surface area contributed by atoms with E-state index in [9.17, 15) is 27.7 Å². The van der Waals surface area contributed by atoms with Crippen LogP contribution in [-0.2, 0) is 9.84 Å². The Kier molecular flexibility index (Phi) is 5.47. The SMILES string of the molecule is O=C(NC1CCS(=O)(=O)C1)c1cc([N+](=O)[O-])ccc1Sc1ccccc1F. The lowest BCUT2D eigenvalue weighted by atomic mass is 10.1. The molecule has 1 unspecified atom stereocenters. The van der Waals surface area contributed by atoms with Crippen molar-refractivity contribution in [3.05, 3.63) is 64.0 Å². The number of non-ortho nitro benzene ring substituents is 1. The molecule has 10 heteroatoms. The van der Waals surface area contributed by atoms with Crippen LogP contribution in [0.3, 0.4) is 0 Å². The van der Waals surface area contributed by atoms with Crippen LogP contribution < -0.4 is 5.32 Å². The summed E-state index contributed by atoms with van der Waals surface area (Å²) in [6.07, 6.45) is 0.290. The Labute approximate surface area is 159 Å². The smallest absolute Gasteiger partial charge is 0.270 e. The van der Waals surface area contributed by atoms with E-state index < -0.39 is 32.5 Å². The van der Waals surface area contributed by atoms with Gasteiger partial charge in [0.05, 0.1) is 22.0 Å². The molecule has 1 amide bonds. The average Bonchev–Trinajstić information content (AvgIpc) is 2.95. The van der Waals surface area contributed by atoms with Crippen LogP contribution >= 0.6 is 11.8 Å². The molecule has 0 bridgehead atoms. The first kappa shape index (κ1) is 19.3. The highest BCUT2D eigenvalue weighted by Gasteiger charge is 2.30. The molecular formula is C17H15FN2O5S2. The highest BCUT2D eigenvalue weighted by molar-refractivity contribution is 7.99. The molecule has 0 spiro atoms. The number of nitro groups is 1. The summed E-state index contributed by atoms with van der Waals surface area (Å²) in [6, 6.07) is 9.16. The van der Waals surface area contributed by atoms with Gasteiger partial charge in [0, 0.05) is 28.0 Å². The number of sulfone groups is 1. The monoisotopic (exact) mass is 410 g/mol. The third kappa shape index (κ3) is 4.64. The Morgan fingerprint density at radius 2 is 1.96 bits per heavy atom. The minimum absolute atomic E-state index is 0.00162. The maximum absolute atomic E-state index is 13.9. The van der Waals surface area contributed by atoms with Gasteiger partial charge in [-0.2, -0.15) is 0 Å². The lowest BCUT2D eigenvalue weighted by molar-refractivity contribution is -0.384. The van der Waals surface area contributed by atoms with E-state index in [1.165, 1.54) is 30.3 Å². The summed E-state index contributed by atoms with van der Waals surface area (Å²) in [7, 11) is -3.19. The second kappa shape index (κ2) is 7.65. The number of rotatable bonds is 5. The Morgan fingerprint density at radius 3 is 2.59 bits per heavy atom. The van der Waals surface area contributed by atoms with Gasteiger partial charge in [-0.1, -0.05) is 23.9 Å².